The Morgan fingerprint density at radius 3 is 1.00 bits per heavy atom. The molecule has 0 saturated carbocycles. The molecule has 14 heterocycles. The summed E-state index contributed by atoms with van der Waals surface area (Å²) in [4.78, 5) is 51.1. The predicted molar refractivity (Wildman–Crippen MR) is 148 cm³/mol. The Bertz CT molecular complexity index is 1500. The van der Waals surface area contributed by atoms with Gasteiger partial charge in [0.1, 0.15) is 17.1 Å². The minimum Gasteiger partial charge on any atom is -0.546 e. The van der Waals surface area contributed by atoms with E-state index in [0.29, 0.717) is 0 Å². The Kier molecular flexibility index (Phi) is 6.85. The molecule has 0 atom stereocenters. The molecule has 0 spiro atoms. The Hall–Kier alpha value is -5.17. The molecular weight excluding hydrogens is 525 g/mol. The van der Waals surface area contributed by atoms with Crippen molar-refractivity contribution in [1.29, 1.82) is 0 Å². The van der Waals surface area contributed by atoms with Gasteiger partial charge in [0.25, 0.3) is 0 Å². The minimum atomic E-state index is -3.72. The highest BCUT2D eigenvalue weighted by Gasteiger charge is 2.50. The van der Waals surface area contributed by atoms with Gasteiger partial charge in [0.15, 0.2) is 0 Å². The zero-order chi connectivity index (χ0) is 27.5. The summed E-state index contributed by atoms with van der Waals surface area (Å²) in [6, 6.07) is 15.6. The average molecular weight is 543 g/mol. The summed E-state index contributed by atoms with van der Waals surface area (Å²) in [6.07, 6.45) is 16.0. The molecule has 9 nitrogen and oxygen atoms in total. The first-order valence-electron chi connectivity index (χ1n) is 12.2. The lowest BCUT2D eigenvalue weighted by atomic mass is 10.0. The number of aromatic nitrogens is 3. The van der Waals surface area contributed by atoms with Gasteiger partial charge in [-0.1, -0.05) is 54.7 Å². The van der Waals surface area contributed by atoms with Crippen LogP contribution in [-0.4, -0.2) is 48.0 Å². The lowest BCUT2D eigenvalue weighted by molar-refractivity contribution is 0.0402. The van der Waals surface area contributed by atoms with Crippen LogP contribution in [0.15, 0.2) is 73.2 Å². The maximum Gasteiger partial charge on any atom is 1.20 e. The van der Waals surface area contributed by atoms with E-state index in [1.807, 2.05) is 54.7 Å². The van der Waals surface area contributed by atoms with Gasteiger partial charge in [-0.15, -0.1) is 0 Å². The van der Waals surface area contributed by atoms with E-state index in [9.17, 15) is 14.4 Å². The summed E-state index contributed by atoms with van der Waals surface area (Å²) in [6.45, 7) is 0. The first kappa shape index (κ1) is 25.1. The second kappa shape index (κ2) is 10.9. The third kappa shape index (κ3) is 5.79. The van der Waals surface area contributed by atoms with Crippen molar-refractivity contribution in [3.05, 3.63) is 124 Å². The molecule has 4 aromatic rings. The lowest BCUT2D eigenvalue weighted by Gasteiger charge is -2.13. The monoisotopic (exact) mass is 543 g/mol. The van der Waals surface area contributed by atoms with Gasteiger partial charge in [-0.3, -0.25) is 0 Å². The van der Waals surface area contributed by atoms with Gasteiger partial charge >= 0.3 is 33.1 Å². The van der Waals surface area contributed by atoms with Crippen molar-refractivity contribution in [3.63, 3.8) is 0 Å². The molecule has 15 rings (SSSR count). The van der Waals surface area contributed by atoms with Crippen LogP contribution in [0.1, 0.15) is 64.8 Å². The van der Waals surface area contributed by atoms with E-state index < -0.39 is 33.1 Å². The second-order valence-corrected chi connectivity index (χ2v) is 10.2. The third-order valence-electron chi connectivity index (χ3n) is 6.00. The van der Waals surface area contributed by atoms with E-state index >= 15 is 0 Å². The molecular formula is C30H18AlN3O6. The first-order valence-corrected chi connectivity index (χ1v) is 13.6. The van der Waals surface area contributed by atoms with E-state index in [1.165, 1.54) is 36.8 Å². The summed E-state index contributed by atoms with van der Waals surface area (Å²) in [5.41, 5.74) is 4.94. The highest BCUT2D eigenvalue weighted by Crippen LogP contribution is 2.20. The molecule has 192 valence electrons. The average Bonchev–Trinajstić information content (AvgIpc) is 2.97. The number of nitrogens with zero attached hydrogens (tertiary/aromatic N) is 3. The molecule has 40 heavy (non-hydrogen) atoms. The van der Waals surface area contributed by atoms with Crippen molar-refractivity contribution >= 4 is 69.5 Å². The normalized spacial score (nSPS) is 16.8. The van der Waals surface area contributed by atoms with Gasteiger partial charge in [0.05, 0.1) is 0 Å². The molecule has 0 amide bonds. The van der Waals surface area contributed by atoms with Crippen molar-refractivity contribution in [2.75, 3.05) is 0 Å². The van der Waals surface area contributed by atoms with Crippen LogP contribution in [0.25, 0.3) is 36.5 Å². The maximum absolute atomic E-state index is 12.9. The zero-order valence-electron chi connectivity index (χ0n) is 20.8. The van der Waals surface area contributed by atoms with Crippen LogP contribution in [0.2, 0.25) is 0 Å². The van der Waals surface area contributed by atoms with Gasteiger partial charge in [0.2, 0.25) is 0 Å². The van der Waals surface area contributed by atoms with E-state index in [0.717, 1.165) is 33.4 Å². The van der Waals surface area contributed by atoms with E-state index in [4.69, 9.17) is 11.4 Å². The summed E-state index contributed by atoms with van der Waals surface area (Å²) in [7, 11) is 0. The molecule has 10 bridgehead atoms. The topological polar surface area (TPSA) is 118 Å². The van der Waals surface area contributed by atoms with Crippen LogP contribution in [0.4, 0.5) is 0 Å². The molecule has 11 aliphatic rings. The maximum atomic E-state index is 12.9. The van der Waals surface area contributed by atoms with Gasteiger partial charge in [-0.2, -0.15) is 0 Å². The number of benzene rings is 1. The molecule has 1 aromatic carbocycles. The van der Waals surface area contributed by atoms with Gasteiger partial charge < -0.3 is 11.4 Å². The van der Waals surface area contributed by atoms with Crippen molar-refractivity contribution in [2.24, 2.45) is 0 Å². The van der Waals surface area contributed by atoms with Crippen LogP contribution in [0.5, 0.6) is 0 Å². The summed E-state index contributed by atoms with van der Waals surface area (Å²) in [5.74, 6) is -2.72. The van der Waals surface area contributed by atoms with Gasteiger partial charge in [0, 0.05) is 18.6 Å². The number of rotatable bonds is 0. The predicted octanol–water partition coefficient (Wildman–Crippen LogP) is 4.87. The standard InChI is InChI=1S/C30H21N3O6.Al/c34-28(35)25-10-7-19(16-31-25)1-4-22-13-23(5-2-20-8-11-26(29(36)37)32-17-20)15-24(14-22)6-3-21-9-12-27(30(38)39)33-18-21;/h1-18H,(H,34,35)(H,36,37)(H,38,39);/q;+3/p-3/b4-1-,5-2-,6-3-;. The second-order valence-electron chi connectivity index (χ2n) is 8.87. The molecule has 11 aliphatic heterocycles. The SMILES string of the molecule is O=C1[O][Al]2[O]C(=O)c3ccc(cn3)/C=C\c3cc(cc(c3)/C=C\c3ccc(nc3)C(=O)[O]2)/C=C\c2ccc1nc2. The highest BCUT2D eigenvalue weighted by molar-refractivity contribution is 6.45. The van der Waals surface area contributed by atoms with Crippen molar-refractivity contribution in [3.8, 4) is 0 Å². The fourth-order valence-electron chi connectivity index (χ4n) is 3.96. The number of carbonyl (C=O) groups excluding carboxylic acids is 3. The van der Waals surface area contributed by atoms with Gasteiger partial charge in [-0.25, -0.2) is 29.3 Å². The minimum absolute atomic E-state index is 0.0462. The molecule has 0 unspecified atom stereocenters. The number of hydrogen-bond acceptors (Lipinski definition) is 9. The molecule has 0 radical (unpaired) electrons. The van der Waals surface area contributed by atoms with Crippen LogP contribution >= 0.6 is 0 Å². The Balaban J connectivity index is 1.54. The molecule has 0 N–H and O–H groups in total. The van der Waals surface area contributed by atoms with E-state index in [-0.39, 0.29) is 17.1 Å². The highest BCUT2D eigenvalue weighted by atomic mass is 27.3. The third-order valence-corrected chi connectivity index (χ3v) is 7.22. The van der Waals surface area contributed by atoms with Crippen molar-refractivity contribution in [1.82, 2.24) is 15.0 Å². The summed E-state index contributed by atoms with van der Waals surface area (Å²) >= 11 is -3.72. The van der Waals surface area contributed by atoms with Crippen LogP contribution in [0, 0.1) is 0 Å². The van der Waals surface area contributed by atoms with E-state index in [2.05, 4.69) is 15.0 Å². The number of hydrogen-bond donors (Lipinski definition) is 0. The quantitative estimate of drug-likeness (QED) is 0.287. The van der Waals surface area contributed by atoms with E-state index in [1.54, 1.807) is 18.2 Å². The fourth-order valence-corrected chi connectivity index (χ4v) is 4.99. The van der Waals surface area contributed by atoms with Crippen LogP contribution in [-0.2, 0) is 11.4 Å². The van der Waals surface area contributed by atoms with Crippen LogP contribution < -0.4 is 0 Å². The summed E-state index contributed by atoms with van der Waals surface area (Å²) < 4.78 is 16.1. The molecule has 0 aliphatic carbocycles. The van der Waals surface area contributed by atoms with Crippen molar-refractivity contribution in [2.45, 2.75) is 0 Å². The lowest BCUT2D eigenvalue weighted by Crippen LogP contribution is -2.35. The van der Waals surface area contributed by atoms with Crippen LogP contribution in [0.3, 0.4) is 0 Å². The Morgan fingerprint density at radius 1 is 0.425 bits per heavy atom. The smallest absolute Gasteiger partial charge is 0.546 e. The van der Waals surface area contributed by atoms with Gasteiger partial charge in [-0.05, 0) is 69.8 Å². The number of carbonyl (C=O) groups is 3. The number of pyridine rings is 3. The molecule has 10 heteroatoms. The Morgan fingerprint density at radius 2 is 0.725 bits per heavy atom. The molecule has 0 saturated heterocycles. The Labute approximate surface area is 233 Å². The van der Waals surface area contributed by atoms with Crippen molar-refractivity contribution < 1.29 is 25.7 Å². The first-order chi connectivity index (χ1) is 19.5. The molecule has 3 aromatic heterocycles. The zero-order valence-corrected chi connectivity index (χ0v) is 21.9. The largest absolute Gasteiger partial charge is 1.20 e. The fraction of sp³-hybridized carbons (Fsp3) is 0. The molecule has 0 fully saturated rings. The summed E-state index contributed by atoms with van der Waals surface area (Å²) in [5, 5.41) is 0.